The van der Waals surface area contributed by atoms with Gasteiger partial charge in [0.15, 0.2) is 0 Å². The molecule has 1 heterocycles. The second-order valence-electron chi connectivity index (χ2n) is 5.72. The first-order valence-corrected chi connectivity index (χ1v) is 8.83. The van der Waals surface area contributed by atoms with Gasteiger partial charge >= 0.3 is 0 Å². The molecule has 1 aliphatic heterocycles. The van der Waals surface area contributed by atoms with Gasteiger partial charge in [-0.05, 0) is 31.0 Å². The molecule has 0 spiro atoms. The van der Waals surface area contributed by atoms with Gasteiger partial charge in [0.2, 0.25) is 0 Å². The third-order valence-electron chi connectivity index (χ3n) is 3.93. The highest BCUT2D eigenvalue weighted by molar-refractivity contribution is 7.90. The van der Waals surface area contributed by atoms with Crippen molar-refractivity contribution >= 4 is 15.9 Å². The lowest BCUT2D eigenvalue weighted by Crippen LogP contribution is -2.25. The second-order valence-corrected chi connectivity index (χ2v) is 7.37. The number of fused-ring (bicyclic) bond motifs is 1. The fraction of sp³-hybridized carbons (Fsp3) is 0.235. The third-order valence-corrected chi connectivity index (χ3v) is 5.32. The molecule has 0 aromatic heterocycles. The predicted octanol–water partition coefficient (Wildman–Crippen LogP) is 2.02. The molecule has 0 fully saturated rings. The van der Waals surface area contributed by atoms with Gasteiger partial charge in [-0.2, -0.15) is 0 Å². The first kappa shape index (κ1) is 15.7. The number of nitrogens with one attached hydrogen (secondary N) is 1. The number of rotatable bonds is 4. The molecule has 23 heavy (non-hydrogen) atoms. The van der Waals surface area contributed by atoms with Crippen LogP contribution in [0.25, 0.3) is 0 Å². The monoisotopic (exact) mass is 330 g/mol. The lowest BCUT2D eigenvalue weighted by atomic mass is 9.93. The smallest absolute Gasteiger partial charge is 0.263 e. The zero-order valence-electron chi connectivity index (χ0n) is 12.7. The molecule has 0 saturated heterocycles. The van der Waals surface area contributed by atoms with Crippen LogP contribution in [0, 0.1) is 0 Å². The summed E-state index contributed by atoms with van der Waals surface area (Å²) in [6, 6.07) is 16.1. The standard InChI is InChI=1S/C17H18N2O3S/c1-17(20,13-7-3-2-4-8-13)11-12-18-16-14-9-5-6-10-15(14)23(21,22)19-16/h2-10,20H,11-12H2,1H3,(H,18,19). The minimum absolute atomic E-state index is 0.244. The molecule has 120 valence electrons. The maximum atomic E-state index is 12.0. The SMILES string of the molecule is CC(O)(CCN=C1NS(=O)(=O)c2ccccc21)c1ccccc1. The molecule has 2 aromatic carbocycles. The summed E-state index contributed by atoms with van der Waals surface area (Å²) in [5.74, 6) is 0.337. The lowest BCUT2D eigenvalue weighted by molar-refractivity contribution is 0.0505. The van der Waals surface area contributed by atoms with E-state index in [1.54, 1.807) is 31.2 Å². The van der Waals surface area contributed by atoms with E-state index < -0.39 is 15.6 Å². The fourth-order valence-electron chi connectivity index (χ4n) is 2.58. The molecule has 6 heteroatoms. The van der Waals surface area contributed by atoms with Crippen LogP contribution in [0.15, 0.2) is 64.5 Å². The van der Waals surface area contributed by atoms with E-state index in [2.05, 4.69) is 9.71 Å². The Morgan fingerprint density at radius 2 is 1.74 bits per heavy atom. The maximum absolute atomic E-state index is 12.0. The number of nitrogens with zero attached hydrogens (tertiary/aromatic N) is 1. The number of aliphatic hydroxyl groups is 1. The Hall–Kier alpha value is -2.18. The first-order chi connectivity index (χ1) is 10.9. The van der Waals surface area contributed by atoms with E-state index in [0.29, 0.717) is 24.4 Å². The van der Waals surface area contributed by atoms with Crippen LogP contribution in [-0.4, -0.2) is 25.9 Å². The highest BCUT2D eigenvalue weighted by atomic mass is 32.2. The average Bonchev–Trinajstić information content (AvgIpc) is 2.80. The van der Waals surface area contributed by atoms with Crippen LogP contribution >= 0.6 is 0 Å². The molecular weight excluding hydrogens is 312 g/mol. The van der Waals surface area contributed by atoms with Crippen molar-refractivity contribution in [3.8, 4) is 0 Å². The average molecular weight is 330 g/mol. The van der Waals surface area contributed by atoms with Crippen LogP contribution in [0.2, 0.25) is 0 Å². The third kappa shape index (κ3) is 3.13. The van der Waals surface area contributed by atoms with Crippen LogP contribution < -0.4 is 4.72 Å². The Bertz CT molecular complexity index is 843. The number of sulfonamides is 1. The van der Waals surface area contributed by atoms with Gasteiger partial charge in [-0.25, -0.2) is 8.42 Å². The molecule has 2 aromatic rings. The Labute approximate surface area is 135 Å². The zero-order valence-corrected chi connectivity index (χ0v) is 13.5. The molecule has 3 rings (SSSR count). The minimum atomic E-state index is -3.52. The van der Waals surface area contributed by atoms with Crippen LogP contribution in [0.3, 0.4) is 0 Å². The molecular formula is C17H18N2O3S. The van der Waals surface area contributed by atoms with E-state index in [1.165, 1.54) is 0 Å². The highest BCUT2D eigenvalue weighted by Crippen LogP contribution is 2.25. The summed E-state index contributed by atoms with van der Waals surface area (Å²) in [4.78, 5) is 4.58. The van der Waals surface area contributed by atoms with Crippen molar-refractivity contribution in [3.63, 3.8) is 0 Å². The Morgan fingerprint density at radius 3 is 2.48 bits per heavy atom. The van der Waals surface area contributed by atoms with E-state index in [9.17, 15) is 13.5 Å². The summed E-state index contributed by atoms with van der Waals surface area (Å²) < 4.78 is 26.5. The number of aliphatic imine (C=N–C) groups is 1. The molecule has 0 saturated carbocycles. The summed E-state index contributed by atoms with van der Waals surface area (Å²) in [5, 5.41) is 10.5. The molecule has 0 amide bonds. The van der Waals surface area contributed by atoms with Crippen molar-refractivity contribution in [2.75, 3.05) is 6.54 Å². The number of amidine groups is 1. The van der Waals surface area contributed by atoms with Gasteiger partial charge in [0.05, 0.1) is 10.5 Å². The van der Waals surface area contributed by atoms with E-state index >= 15 is 0 Å². The summed E-state index contributed by atoms with van der Waals surface area (Å²) in [6.45, 7) is 2.05. The van der Waals surface area contributed by atoms with E-state index in [4.69, 9.17) is 0 Å². The Balaban J connectivity index is 1.78. The number of hydrogen-bond donors (Lipinski definition) is 2. The van der Waals surface area contributed by atoms with Gasteiger partial charge in [0, 0.05) is 12.1 Å². The minimum Gasteiger partial charge on any atom is -0.385 e. The van der Waals surface area contributed by atoms with Crippen molar-refractivity contribution < 1.29 is 13.5 Å². The molecule has 5 nitrogen and oxygen atoms in total. The fourth-order valence-corrected chi connectivity index (χ4v) is 3.83. The van der Waals surface area contributed by atoms with Crippen LogP contribution in [-0.2, 0) is 15.6 Å². The predicted molar refractivity (Wildman–Crippen MR) is 88.8 cm³/mol. The molecule has 1 aliphatic rings. The van der Waals surface area contributed by atoms with Crippen LogP contribution in [0.5, 0.6) is 0 Å². The largest absolute Gasteiger partial charge is 0.385 e. The Morgan fingerprint density at radius 1 is 1.09 bits per heavy atom. The number of benzene rings is 2. The Kier molecular flexibility index (Phi) is 3.95. The zero-order chi connectivity index (χ0) is 16.5. The molecule has 0 aliphatic carbocycles. The van der Waals surface area contributed by atoms with Crippen molar-refractivity contribution in [1.29, 1.82) is 0 Å². The molecule has 1 atom stereocenters. The van der Waals surface area contributed by atoms with E-state index in [1.807, 2.05) is 30.3 Å². The van der Waals surface area contributed by atoms with Crippen molar-refractivity contribution in [3.05, 3.63) is 65.7 Å². The molecule has 0 bridgehead atoms. The van der Waals surface area contributed by atoms with Crippen molar-refractivity contribution in [2.24, 2.45) is 4.99 Å². The van der Waals surface area contributed by atoms with Gasteiger partial charge in [-0.15, -0.1) is 0 Å². The van der Waals surface area contributed by atoms with Crippen LogP contribution in [0.4, 0.5) is 0 Å². The van der Waals surface area contributed by atoms with Crippen molar-refractivity contribution in [2.45, 2.75) is 23.8 Å². The number of hydrogen-bond acceptors (Lipinski definition) is 4. The van der Waals surface area contributed by atoms with E-state index in [-0.39, 0.29) is 4.90 Å². The lowest BCUT2D eigenvalue weighted by Gasteiger charge is -2.22. The molecule has 2 N–H and O–H groups in total. The van der Waals surface area contributed by atoms with Gasteiger partial charge in [-0.1, -0.05) is 42.5 Å². The quantitative estimate of drug-likeness (QED) is 0.900. The van der Waals surface area contributed by atoms with Gasteiger partial charge in [-0.3, -0.25) is 9.71 Å². The van der Waals surface area contributed by atoms with E-state index in [0.717, 1.165) is 5.56 Å². The summed E-state index contributed by atoms with van der Waals surface area (Å²) in [7, 11) is -3.52. The highest BCUT2D eigenvalue weighted by Gasteiger charge is 2.30. The second kappa shape index (κ2) is 5.79. The summed E-state index contributed by atoms with van der Waals surface area (Å²) in [6.07, 6.45) is 0.393. The van der Waals surface area contributed by atoms with Crippen molar-refractivity contribution in [1.82, 2.24) is 4.72 Å². The topological polar surface area (TPSA) is 78.8 Å². The summed E-state index contributed by atoms with van der Waals surface area (Å²) >= 11 is 0. The first-order valence-electron chi connectivity index (χ1n) is 7.35. The van der Waals surface area contributed by atoms with Gasteiger partial charge in [0.1, 0.15) is 5.84 Å². The maximum Gasteiger partial charge on any atom is 0.263 e. The van der Waals surface area contributed by atoms with Gasteiger partial charge < -0.3 is 5.11 Å². The molecule has 1 unspecified atom stereocenters. The molecule has 0 radical (unpaired) electrons. The van der Waals surface area contributed by atoms with Gasteiger partial charge in [0.25, 0.3) is 10.0 Å². The normalized spacial score (nSPS) is 19.8. The van der Waals surface area contributed by atoms with Crippen LogP contribution in [0.1, 0.15) is 24.5 Å². The summed E-state index contributed by atoms with van der Waals surface area (Å²) in [5.41, 5.74) is 0.377.